The van der Waals surface area contributed by atoms with Gasteiger partial charge in [0.1, 0.15) is 11.5 Å². The fourth-order valence-electron chi connectivity index (χ4n) is 2.78. The minimum absolute atomic E-state index is 0.728. The topological polar surface area (TPSA) is 18.5 Å². The molecule has 2 aromatic rings. The van der Waals surface area contributed by atoms with Crippen LogP contribution in [0.2, 0.25) is 0 Å². The molecule has 0 amide bonds. The van der Waals surface area contributed by atoms with Crippen molar-refractivity contribution in [2.45, 2.75) is 52.4 Å². The van der Waals surface area contributed by atoms with Crippen LogP contribution in [0.3, 0.4) is 0 Å². The van der Waals surface area contributed by atoms with Crippen LogP contribution in [0.5, 0.6) is 11.5 Å². The number of aryl methyl sites for hydroxylation is 1. The molecule has 2 rings (SSSR count). The number of unbranched alkanes of at least 4 members (excludes halogenated alkanes) is 4. The summed E-state index contributed by atoms with van der Waals surface area (Å²) in [5.41, 5.74) is 1.24. The van der Waals surface area contributed by atoms with Crippen molar-refractivity contribution in [3.05, 3.63) is 35.9 Å². The third-order valence-corrected chi connectivity index (χ3v) is 4.69. The molecule has 3 heteroatoms. The normalized spacial score (nSPS) is 11.0. The molecule has 0 N–H and O–H groups in total. The third kappa shape index (κ3) is 5.70. The molecule has 0 spiro atoms. The van der Waals surface area contributed by atoms with Crippen LogP contribution in [-0.2, 0) is 0 Å². The molecule has 0 aromatic heterocycles. The predicted molar refractivity (Wildman–Crippen MR) is 107 cm³/mol. The minimum Gasteiger partial charge on any atom is -0.493 e. The summed E-state index contributed by atoms with van der Waals surface area (Å²) in [6.07, 6.45) is 7.28. The molecule has 0 atom stereocenters. The van der Waals surface area contributed by atoms with Crippen LogP contribution in [0.4, 0.5) is 0 Å². The number of benzene rings is 2. The van der Waals surface area contributed by atoms with E-state index in [1.165, 1.54) is 31.2 Å². The highest BCUT2D eigenvalue weighted by Gasteiger charge is 2.08. The van der Waals surface area contributed by atoms with Gasteiger partial charge < -0.3 is 9.47 Å². The summed E-state index contributed by atoms with van der Waals surface area (Å²) < 4.78 is 12.0. The Morgan fingerprint density at radius 3 is 2.17 bits per heavy atom. The van der Waals surface area contributed by atoms with Crippen molar-refractivity contribution in [1.29, 1.82) is 0 Å². The Hall–Kier alpha value is -1.22. The molecule has 132 valence electrons. The second kappa shape index (κ2) is 10.6. The molecule has 0 saturated heterocycles. The van der Waals surface area contributed by atoms with Gasteiger partial charge in [0.15, 0.2) is 0 Å². The van der Waals surface area contributed by atoms with Crippen LogP contribution in [-0.4, -0.2) is 18.5 Å². The summed E-state index contributed by atoms with van der Waals surface area (Å²) in [6.45, 7) is 5.87. The summed E-state index contributed by atoms with van der Waals surface area (Å²) >= 11 is 3.45. The van der Waals surface area contributed by atoms with E-state index in [2.05, 4.69) is 48.0 Å². The molecular formula is C21H29BrO2. The van der Waals surface area contributed by atoms with Crippen molar-refractivity contribution in [3.8, 4) is 11.5 Å². The molecule has 0 radical (unpaired) electrons. The monoisotopic (exact) mass is 392 g/mol. The summed E-state index contributed by atoms with van der Waals surface area (Å²) in [6, 6.07) is 10.6. The molecule has 0 unspecified atom stereocenters. The molecule has 0 bridgehead atoms. The van der Waals surface area contributed by atoms with Gasteiger partial charge in [-0.2, -0.15) is 0 Å². The predicted octanol–water partition coefficient (Wildman–Crippen LogP) is 6.66. The van der Waals surface area contributed by atoms with Gasteiger partial charge >= 0.3 is 0 Å². The zero-order valence-corrected chi connectivity index (χ0v) is 16.5. The van der Waals surface area contributed by atoms with Gasteiger partial charge in [0.2, 0.25) is 0 Å². The van der Waals surface area contributed by atoms with E-state index in [9.17, 15) is 0 Å². The van der Waals surface area contributed by atoms with Crippen LogP contribution in [0.25, 0.3) is 10.8 Å². The summed E-state index contributed by atoms with van der Waals surface area (Å²) in [7, 11) is 0. The number of halogens is 1. The van der Waals surface area contributed by atoms with Gasteiger partial charge in [-0.3, -0.25) is 0 Å². The van der Waals surface area contributed by atoms with E-state index in [4.69, 9.17) is 9.47 Å². The number of ether oxygens (including phenoxy) is 2. The lowest BCUT2D eigenvalue weighted by Gasteiger charge is -2.14. The molecule has 0 fully saturated rings. The summed E-state index contributed by atoms with van der Waals surface area (Å²) in [4.78, 5) is 0. The molecule has 0 aliphatic heterocycles. The van der Waals surface area contributed by atoms with Crippen molar-refractivity contribution >= 4 is 26.7 Å². The molecular weight excluding hydrogens is 364 g/mol. The molecule has 2 aromatic carbocycles. The number of hydrogen-bond donors (Lipinski definition) is 0. The maximum absolute atomic E-state index is 6.06. The Balaban J connectivity index is 2.06. The standard InChI is InChI=1S/C21H29BrO2/c1-3-4-5-6-7-14-23-20-11-12-21(24-15-8-13-22)19-16-17(2)9-10-18(19)20/h9-12,16H,3-8,13-15H2,1-2H3. The van der Waals surface area contributed by atoms with Gasteiger partial charge in [-0.05, 0) is 38.0 Å². The quantitative estimate of drug-likeness (QED) is 0.314. The van der Waals surface area contributed by atoms with E-state index in [-0.39, 0.29) is 0 Å². The average Bonchev–Trinajstić information content (AvgIpc) is 2.59. The van der Waals surface area contributed by atoms with Crippen LogP contribution in [0.1, 0.15) is 51.0 Å². The van der Waals surface area contributed by atoms with E-state index in [0.717, 1.165) is 53.7 Å². The van der Waals surface area contributed by atoms with Crippen molar-refractivity contribution in [2.24, 2.45) is 0 Å². The van der Waals surface area contributed by atoms with Crippen LogP contribution < -0.4 is 9.47 Å². The number of alkyl halides is 1. The fraction of sp³-hybridized carbons (Fsp3) is 0.524. The van der Waals surface area contributed by atoms with Crippen molar-refractivity contribution < 1.29 is 9.47 Å². The van der Waals surface area contributed by atoms with Crippen molar-refractivity contribution in [3.63, 3.8) is 0 Å². The fourth-order valence-corrected chi connectivity index (χ4v) is 3.01. The second-order valence-electron chi connectivity index (χ2n) is 6.26. The first-order chi connectivity index (χ1) is 11.8. The number of hydrogen-bond acceptors (Lipinski definition) is 2. The zero-order valence-electron chi connectivity index (χ0n) is 14.9. The average molecular weight is 393 g/mol. The number of rotatable bonds is 11. The number of fused-ring (bicyclic) bond motifs is 1. The Morgan fingerprint density at radius 2 is 1.46 bits per heavy atom. The van der Waals surface area contributed by atoms with Gasteiger partial charge in [-0.25, -0.2) is 0 Å². The highest BCUT2D eigenvalue weighted by molar-refractivity contribution is 9.09. The first-order valence-corrected chi connectivity index (χ1v) is 10.2. The molecule has 0 aliphatic rings. The zero-order chi connectivity index (χ0) is 17.2. The largest absolute Gasteiger partial charge is 0.493 e. The van der Waals surface area contributed by atoms with Gasteiger partial charge in [0.25, 0.3) is 0 Å². The summed E-state index contributed by atoms with van der Waals surface area (Å²) in [5.74, 6) is 1.92. The van der Waals surface area contributed by atoms with Crippen LogP contribution in [0.15, 0.2) is 30.3 Å². The molecule has 24 heavy (non-hydrogen) atoms. The smallest absolute Gasteiger partial charge is 0.127 e. The first kappa shape index (κ1) is 19.1. The Kier molecular flexibility index (Phi) is 8.44. The lowest BCUT2D eigenvalue weighted by atomic mass is 10.1. The second-order valence-corrected chi connectivity index (χ2v) is 7.06. The van der Waals surface area contributed by atoms with Crippen molar-refractivity contribution in [2.75, 3.05) is 18.5 Å². The maximum Gasteiger partial charge on any atom is 0.127 e. The van der Waals surface area contributed by atoms with E-state index in [1.807, 2.05) is 12.1 Å². The van der Waals surface area contributed by atoms with Crippen LogP contribution >= 0.6 is 15.9 Å². The first-order valence-electron chi connectivity index (χ1n) is 9.11. The van der Waals surface area contributed by atoms with Gasteiger partial charge in [-0.15, -0.1) is 0 Å². The highest BCUT2D eigenvalue weighted by atomic mass is 79.9. The molecule has 2 nitrogen and oxygen atoms in total. The Morgan fingerprint density at radius 1 is 0.792 bits per heavy atom. The molecule has 0 saturated carbocycles. The van der Waals surface area contributed by atoms with E-state index in [0.29, 0.717) is 0 Å². The third-order valence-electron chi connectivity index (χ3n) is 4.13. The molecule has 0 heterocycles. The van der Waals surface area contributed by atoms with E-state index in [1.54, 1.807) is 0 Å². The van der Waals surface area contributed by atoms with Crippen LogP contribution in [0, 0.1) is 6.92 Å². The Labute approximate surface area is 154 Å². The summed E-state index contributed by atoms with van der Waals surface area (Å²) in [5, 5.41) is 3.25. The molecule has 0 aliphatic carbocycles. The SMILES string of the molecule is CCCCCCCOc1ccc(OCCCBr)c2cc(C)ccc12. The minimum atomic E-state index is 0.728. The van der Waals surface area contributed by atoms with E-state index >= 15 is 0 Å². The highest BCUT2D eigenvalue weighted by Crippen LogP contribution is 2.34. The van der Waals surface area contributed by atoms with Crippen molar-refractivity contribution in [1.82, 2.24) is 0 Å². The van der Waals surface area contributed by atoms with Gasteiger partial charge in [-0.1, -0.05) is 66.2 Å². The van der Waals surface area contributed by atoms with E-state index < -0.39 is 0 Å². The van der Waals surface area contributed by atoms with Gasteiger partial charge in [0.05, 0.1) is 13.2 Å². The Bertz CT molecular complexity index is 625. The lowest BCUT2D eigenvalue weighted by Crippen LogP contribution is -2.01. The lowest BCUT2D eigenvalue weighted by molar-refractivity contribution is 0.305. The maximum atomic E-state index is 6.06. The van der Waals surface area contributed by atoms with Gasteiger partial charge in [0, 0.05) is 16.1 Å².